The number of carbonyl (C=O) groups excluding carboxylic acids is 1. The molecule has 0 amide bonds. The highest BCUT2D eigenvalue weighted by Gasteiger charge is 2.26. The fraction of sp³-hybridized carbons (Fsp3) is 0.609. The van der Waals surface area contributed by atoms with E-state index in [-0.39, 0.29) is 11.8 Å². The molecule has 26 heavy (non-hydrogen) atoms. The minimum Gasteiger partial charge on any atom is -0.466 e. The zero-order valence-electron chi connectivity index (χ0n) is 17.7. The van der Waals surface area contributed by atoms with Gasteiger partial charge >= 0.3 is 0 Å². The number of hydrogen-bond donors (Lipinski definition) is 0. The molecule has 2 atom stereocenters. The predicted octanol–water partition coefficient (Wildman–Crippen LogP) is 6.76. The van der Waals surface area contributed by atoms with Gasteiger partial charge in [0.1, 0.15) is 28.8 Å². The Balaban J connectivity index is 2.14. The van der Waals surface area contributed by atoms with Crippen LogP contribution in [-0.4, -0.2) is 5.78 Å². The first-order chi connectivity index (χ1) is 12.2. The van der Waals surface area contributed by atoms with Gasteiger partial charge in [0.25, 0.3) is 0 Å². The second-order valence-corrected chi connectivity index (χ2v) is 7.70. The number of furan rings is 2. The quantitative estimate of drug-likeness (QED) is 0.523. The summed E-state index contributed by atoms with van der Waals surface area (Å²) in [5.41, 5.74) is 4.80. The molecule has 0 bridgehead atoms. The molecule has 0 aliphatic heterocycles. The second-order valence-electron chi connectivity index (χ2n) is 7.70. The maximum atomic E-state index is 12.9. The number of ketones is 1. The predicted molar refractivity (Wildman–Crippen MR) is 106 cm³/mol. The smallest absolute Gasteiger partial charge is 0.134 e. The van der Waals surface area contributed by atoms with Crippen molar-refractivity contribution in [2.75, 3.05) is 0 Å². The number of aryl methyl sites for hydroxylation is 2. The Bertz CT molecular complexity index is 712. The summed E-state index contributed by atoms with van der Waals surface area (Å²) < 4.78 is 12.0. The fourth-order valence-electron chi connectivity index (χ4n) is 3.79. The van der Waals surface area contributed by atoms with Gasteiger partial charge in [-0.1, -0.05) is 13.8 Å². The average Bonchev–Trinajstić information content (AvgIpc) is 3.02. The van der Waals surface area contributed by atoms with Gasteiger partial charge in [0.2, 0.25) is 0 Å². The first-order valence-corrected chi connectivity index (χ1v) is 9.85. The van der Waals surface area contributed by atoms with E-state index in [9.17, 15) is 4.79 Å². The Hall–Kier alpha value is -1.77. The van der Waals surface area contributed by atoms with Crippen LogP contribution in [0.15, 0.2) is 8.83 Å². The maximum Gasteiger partial charge on any atom is 0.134 e. The Morgan fingerprint density at radius 1 is 0.692 bits per heavy atom. The maximum absolute atomic E-state index is 12.9. The van der Waals surface area contributed by atoms with Crippen molar-refractivity contribution in [1.82, 2.24) is 0 Å². The van der Waals surface area contributed by atoms with Crippen molar-refractivity contribution in [3.63, 3.8) is 0 Å². The van der Waals surface area contributed by atoms with Gasteiger partial charge in [-0.15, -0.1) is 0 Å². The molecule has 0 N–H and O–H groups in total. The van der Waals surface area contributed by atoms with E-state index in [1.807, 2.05) is 13.8 Å². The van der Waals surface area contributed by atoms with Crippen molar-refractivity contribution in [1.29, 1.82) is 0 Å². The van der Waals surface area contributed by atoms with Crippen molar-refractivity contribution in [3.8, 4) is 0 Å². The molecular formula is C23H34O3. The Labute approximate surface area is 158 Å². The molecule has 0 radical (unpaired) electrons. The molecule has 2 rings (SSSR count). The fourth-order valence-corrected chi connectivity index (χ4v) is 3.79. The molecule has 2 unspecified atom stereocenters. The molecule has 3 nitrogen and oxygen atoms in total. The summed E-state index contributed by atoms with van der Waals surface area (Å²) in [5.74, 6) is 4.52. The van der Waals surface area contributed by atoms with Gasteiger partial charge in [0, 0.05) is 24.7 Å². The van der Waals surface area contributed by atoms with Crippen LogP contribution in [0.5, 0.6) is 0 Å². The molecule has 144 valence electrons. The van der Waals surface area contributed by atoms with E-state index in [0.29, 0.717) is 18.6 Å². The molecule has 3 heteroatoms. The summed E-state index contributed by atoms with van der Waals surface area (Å²) in [7, 11) is 0. The van der Waals surface area contributed by atoms with E-state index in [2.05, 4.69) is 41.5 Å². The lowest BCUT2D eigenvalue weighted by Gasteiger charge is -2.16. The Kier molecular flexibility index (Phi) is 6.54. The van der Waals surface area contributed by atoms with E-state index in [1.54, 1.807) is 0 Å². The molecule has 0 saturated heterocycles. The second kappa shape index (κ2) is 8.28. The monoisotopic (exact) mass is 358 g/mol. The summed E-state index contributed by atoms with van der Waals surface area (Å²) in [4.78, 5) is 12.9. The molecule has 0 fully saturated rings. The van der Waals surface area contributed by atoms with Gasteiger partial charge in [0.05, 0.1) is 0 Å². The number of Topliss-reactive ketones (excluding diaryl/α,β-unsaturated/α-hetero) is 1. The van der Waals surface area contributed by atoms with Crippen LogP contribution in [0.4, 0.5) is 0 Å². The lowest BCUT2D eigenvalue weighted by atomic mass is 9.88. The Morgan fingerprint density at radius 2 is 1.04 bits per heavy atom. The summed E-state index contributed by atoms with van der Waals surface area (Å²) in [6.45, 7) is 16.6. The first-order valence-electron chi connectivity index (χ1n) is 9.85. The molecule has 0 aromatic carbocycles. The zero-order chi connectivity index (χ0) is 19.6. The number of rotatable bonds is 8. The molecule has 0 aliphatic rings. The molecule has 2 aromatic heterocycles. The number of carbonyl (C=O) groups is 1. The highest BCUT2D eigenvalue weighted by molar-refractivity contribution is 5.80. The van der Waals surface area contributed by atoms with Crippen LogP contribution < -0.4 is 0 Å². The third kappa shape index (κ3) is 3.97. The largest absolute Gasteiger partial charge is 0.466 e. The van der Waals surface area contributed by atoms with Crippen LogP contribution in [0.2, 0.25) is 0 Å². The summed E-state index contributed by atoms with van der Waals surface area (Å²) in [6.07, 6.45) is 2.90. The van der Waals surface area contributed by atoms with Crippen LogP contribution >= 0.6 is 0 Å². The molecule has 2 heterocycles. The molecular weight excluding hydrogens is 324 g/mol. The molecule has 0 spiro atoms. The standard InChI is InChI=1S/C23H34O3/c1-9-19(22-15(5)13(3)17(7)25-22)11-21(24)12-20(10-2)23-16(6)14(4)18(8)26-23/h19-20H,9-12H2,1-8H3. The van der Waals surface area contributed by atoms with E-state index >= 15 is 0 Å². The van der Waals surface area contributed by atoms with Crippen molar-refractivity contribution >= 4 is 5.78 Å². The third-order valence-corrected chi connectivity index (χ3v) is 6.12. The van der Waals surface area contributed by atoms with Gasteiger partial charge < -0.3 is 8.83 Å². The van der Waals surface area contributed by atoms with Gasteiger partial charge in [0.15, 0.2) is 0 Å². The SMILES string of the molecule is CCC(CC(=O)CC(CC)c1oc(C)c(C)c1C)c1oc(C)c(C)c1C. The lowest BCUT2D eigenvalue weighted by Crippen LogP contribution is -2.11. The summed E-state index contributed by atoms with van der Waals surface area (Å²) in [6, 6.07) is 0. The van der Waals surface area contributed by atoms with Crippen LogP contribution in [0, 0.1) is 41.5 Å². The molecule has 0 saturated carbocycles. The van der Waals surface area contributed by atoms with E-state index in [1.165, 1.54) is 22.3 Å². The molecule has 2 aromatic rings. The summed E-state index contributed by atoms with van der Waals surface area (Å²) in [5, 5.41) is 0. The topological polar surface area (TPSA) is 43.4 Å². The van der Waals surface area contributed by atoms with Gasteiger partial charge in [-0.3, -0.25) is 4.79 Å². The highest BCUT2D eigenvalue weighted by Crippen LogP contribution is 2.35. The highest BCUT2D eigenvalue weighted by atomic mass is 16.3. The minimum atomic E-state index is 0.161. The van der Waals surface area contributed by atoms with Gasteiger partial charge in [-0.2, -0.15) is 0 Å². The third-order valence-electron chi connectivity index (χ3n) is 6.12. The summed E-state index contributed by atoms with van der Waals surface area (Å²) >= 11 is 0. The van der Waals surface area contributed by atoms with E-state index in [4.69, 9.17) is 8.83 Å². The number of hydrogen-bond acceptors (Lipinski definition) is 3. The first kappa shape index (κ1) is 20.5. The normalized spacial score (nSPS) is 13.8. The zero-order valence-corrected chi connectivity index (χ0v) is 17.7. The Morgan fingerprint density at radius 3 is 1.27 bits per heavy atom. The van der Waals surface area contributed by atoms with Crippen molar-refractivity contribution in [3.05, 3.63) is 45.3 Å². The van der Waals surface area contributed by atoms with Crippen molar-refractivity contribution in [2.45, 2.75) is 92.9 Å². The van der Waals surface area contributed by atoms with Crippen LogP contribution in [0.3, 0.4) is 0 Å². The van der Waals surface area contributed by atoms with Crippen LogP contribution in [-0.2, 0) is 4.79 Å². The lowest BCUT2D eigenvalue weighted by molar-refractivity contribution is -0.120. The molecule has 0 aliphatic carbocycles. The van der Waals surface area contributed by atoms with Crippen LogP contribution in [0.1, 0.15) is 96.7 Å². The average molecular weight is 359 g/mol. The van der Waals surface area contributed by atoms with Crippen LogP contribution in [0.25, 0.3) is 0 Å². The van der Waals surface area contributed by atoms with Crippen molar-refractivity contribution < 1.29 is 13.6 Å². The van der Waals surface area contributed by atoms with E-state index < -0.39 is 0 Å². The minimum absolute atomic E-state index is 0.161. The van der Waals surface area contributed by atoms with Crippen molar-refractivity contribution in [2.24, 2.45) is 0 Å². The van der Waals surface area contributed by atoms with Gasteiger partial charge in [-0.05, 0) is 76.6 Å². The van der Waals surface area contributed by atoms with E-state index in [0.717, 1.165) is 35.9 Å². The van der Waals surface area contributed by atoms with Gasteiger partial charge in [-0.25, -0.2) is 0 Å².